The summed E-state index contributed by atoms with van der Waals surface area (Å²) in [5.74, 6) is -0.232. The number of methoxy groups -OCH3 is 2. The number of aromatic amines is 2. The SMILES string of the molecule is CO[C@H]1C(F)[C@@H](CO)O[C@H]1n1cnc2c(=O)[nH]c(N)nc21.CO[C@H]1C(F)[C@@H](OOP(O)CO)O[C@H]1n1cnc2c(=O)[nH]c(N)nc21. The zero-order valence-corrected chi connectivity index (χ0v) is 24.7. The second kappa shape index (κ2) is 13.9. The molecule has 0 aromatic carbocycles. The molecule has 2 aliphatic rings. The Morgan fingerprint density at radius 1 is 0.913 bits per heavy atom. The quantitative estimate of drug-likeness (QED) is 0.0575. The highest BCUT2D eigenvalue weighted by Gasteiger charge is 2.49. The van der Waals surface area contributed by atoms with Crippen LogP contribution in [0.3, 0.4) is 0 Å². The zero-order valence-electron chi connectivity index (χ0n) is 23.8. The first-order chi connectivity index (χ1) is 22.0. The number of rotatable bonds is 9. The molecule has 21 nitrogen and oxygen atoms in total. The van der Waals surface area contributed by atoms with E-state index in [-0.39, 0.29) is 34.2 Å². The number of H-pyrrole nitrogens is 2. The van der Waals surface area contributed by atoms with E-state index in [9.17, 15) is 18.4 Å². The van der Waals surface area contributed by atoms with Crippen LogP contribution in [-0.4, -0.2) is 118 Å². The van der Waals surface area contributed by atoms with Gasteiger partial charge in [-0.05, 0) is 0 Å². The average Bonchev–Trinajstić information content (AvgIpc) is 3.79. The van der Waals surface area contributed by atoms with Gasteiger partial charge in [0.15, 0.2) is 47.1 Å². The number of nitrogens with zero attached hydrogens (tertiary/aromatic N) is 6. The topological polar surface area (TPSA) is 295 Å². The van der Waals surface area contributed by atoms with Crippen LogP contribution in [0.5, 0.6) is 0 Å². The molecule has 9 atom stereocenters. The number of aromatic nitrogens is 8. The molecule has 0 amide bonds. The van der Waals surface area contributed by atoms with Crippen molar-refractivity contribution in [2.75, 3.05) is 38.6 Å². The lowest BCUT2D eigenvalue weighted by atomic mass is 10.1. The van der Waals surface area contributed by atoms with Gasteiger partial charge >= 0.3 is 0 Å². The smallest absolute Gasteiger partial charge is 0.280 e. The van der Waals surface area contributed by atoms with Gasteiger partial charge in [0.25, 0.3) is 11.1 Å². The third kappa shape index (κ3) is 6.29. The number of ether oxygens (including phenoxy) is 4. The number of nitrogens with one attached hydrogen (secondary N) is 2. The molecular formula is C22H29F2N10O11P. The van der Waals surface area contributed by atoms with E-state index in [0.717, 1.165) is 0 Å². The summed E-state index contributed by atoms with van der Waals surface area (Å²) in [5.41, 5.74) is 10.2. The third-order valence-corrected chi connectivity index (χ3v) is 7.41. The summed E-state index contributed by atoms with van der Waals surface area (Å²) in [7, 11) is 0.320. The summed E-state index contributed by atoms with van der Waals surface area (Å²) in [6.07, 6.45) is -8.13. The average molecular weight is 679 g/mol. The van der Waals surface area contributed by atoms with Gasteiger partial charge in [-0.3, -0.25) is 28.7 Å². The molecule has 6 heterocycles. The molecule has 9 N–H and O–H groups in total. The van der Waals surface area contributed by atoms with Gasteiger partial charge in [0.05, 0.1) is 19.3 Å². The Balaban J connectivity index is 0.000000184. The van der Waals surface area contributed by atoms with Crippen molar-refractivity contribution in [1.82, 2.24) is 39.0 Å². The fourth-order valence-electron chi connectivity index (χ4n) is 4.84. The fraction of sp³-hybridized carbons (Fsp3) is 0.545. The molecule has 0 saturated carbocycles. The predicted octanol–water partition coefficient (Wildman–Crippen LogP) is -1.94. The molecule has 46 heavy (non-hydrogen) atoms. The number of halogens is 2. The Labute approximate surface area is 255 Å². The van der Waals surface area contributed by atoms with Gasteiger partial charge in [0.2, 0.25) is 26.6 Å². The van der Waals surface area contributed by atoms with Crippen LogP contribution < -0.4 is 22.6 Å². The number of hydrogen-bond acceptors (Lipinski definition) is 17. The number of aliphatic hydroxyl groups excluding tert-OH is 2. The van der Waals surface area contributed by atoms with Crippen molar-refractivity contribution in [3.05, 3.63) is 33.4 Å². The van der Waals surface area contributed by atoms with Crippen LogP contribution in [0, 0.1) is 0 Å². The van der Waals surface area contributed by atoms with Crippen molar-refractivity contribution in [3.8, 4) is 0 Å². The van der Waals surface area contributed by atoms with Crippen molar-refractivity contribution >= 4 is 42.6 Å². The number of hydrogen-bond donors (Lipinski definition) is 7. The van der Waals surface area contributed by atoms with Crippen molar-refractivity contribution < 1.29 is 52.4 Å². The molecule has 6 rings (SSSR count). The Bertz CT molecular complexity index is 1770. The Morgan fingerprint density at radius 3 is 1.89 bits per heavy atom. The van der Waals surface area contributed by atoms with Crippen LogP contribution >= 0.6 is 8.38 Å². The standard InChI is InChI=1S/C11H15FN5O7P.C11H14FN5O4/c1-21-6-4(12)10(23-24-25(20)3-18)22-9(6)17-2-14-5-7(17)15-11(13)16-8(5)19;1-20-7-5(12)4(2-18)21-10(7)17-3-14-6-8(17)15-11(13)16-9(6)19/h2,4,6,9-10,18,20H,3H2,1H3,(H3,13,15,16,19);3-5,7,10,18H,2H2,1H3,(H3,13,15,16,19)/t4?,6-,9+,10+,25?;4-,5?,7+,10-/m01/s1. The van der Waals surface area contributed by atoms with Crippen molar-refractivity contribution in [2.45, 2.75) is 49.4 Å². The van der Waals surface area contributed by atoms with Crippen LogP contribution in [0.2, 0.25) is 0 Å². The van der Waals surface area contributed by atoms with E-state index in [4.69, 9.17) is 45.5 Å². The number of nitrogen functional groups attached to an aromatic ring is 2. The number of anilines is 2. The molecule has 24 heteroatoms. The van der Waals surface area contributed by atoms with Crippen LogP contribution in [0.4, 0.5) is 20.7 Å². The number of nitrogens with two attached hydrogens (primary N) is 2. The third-order valence-electron chi connectivity index (χ3n) is 6.91. The van der Waals surface area contributed by atoms with E-state index in [1.165, 1.54) is 36.0 Å². The minimum atomic E-state index is -2.28. The van der Waals surface area contributed by atoms with Gasteiger partial charge in [0, 0.05) is 14.2 Å². The van der Waals surface area contributed by atoms with Crippen molar-refractivity contribution in [1.29, 1.82) is 0 Å². The van der Waals surface area contributed by atoms with E-state index < -0.39 is 81.8 Å². The maximum absolute atomic E-state index is 14.5. The van der Waals surface area contributed by atoms with Crippen molar-refractivity contribution in [3.63, 3.8) is 0 Å². The van der Waals surface area contributed by atoms with Gasteiger partial charge in [-0.1, -0.05) is 0 Å². The summed E-state index contributed by atoms with van der Waals surface area (Å²) in [5, 5.41) is 17.8. The second-order valence-electron chi connectivity index (χ2n) is 9.65. The monoisotopic (exact) mass is 678 g/mol. The Kier molecular flexibility index (Phi) is 10.2. The second-order valence-corrected chi connectivity index (χ2v) is 10.8. The normalized spacial score (nSPS) is 28.5. The highest BCUT2D eigenvalue weighted by Crippen LogP contribution is 2.38. The first kappa shape index (κ1) is 33.6. The maximum Gasteiger partial charge on any atom is 0.280 e. The number of alkyl halides is 2. The molecule has 2 aliphatic heterocycles. The maximum atomic E-state index is 14.5. The van der Waals surface area contributed by atoms with E-state index in [1.54, 1.807) is 0 Å². The molecule has 4 aromatic heterocycles. The van der Waals surface area contributed by atoms with Gasteiger partial charge in [0.1, 0.15) is 24.7 Å². The highest BCUT2D eigenvalue weighted by molar-refractivity contribution is 7.45. The minimum Gasteiger partial charge on any atom is -0.394 e. The van der Waals surface area contributed by atoms with Crippen LogP contribution in [-0.2, 0) is 28.5 Å². The molecule has 0 aliphatic carbocycles. The minimum absolute atomic E-state index is 0.0113. The van der Waals surface area contributed by atoms with Gasteiger partial charge in [-0.15, -0.1) is 0 Å². The lowest BCUT2D eigenvalue weighted by Crippen LogP contribution is -2.31. The first-order valence-electron chi connectivity index (χ1n) is 13.1. The number of fused-ring (bicyclic) bond motifs is 2. The summed E-state index contributed by atoms with van der Waals surface area (Å²) in [6.45, 7) is -0.486. The van der Waals surface area contributed by atoms with E-state index >= 15 is 0 Å². The summed E-state index contributed by atoms with van der Waals surface area (Å²) >= 11 is 0. The van der Waals surface area contributed by atoms with Gasteiger partial charge in [-0.2, -0.15) is 19.5 Å². The molecule has 4 aromatic rings. The first-order valence-corrected chi connectivity index (χ1v) is 14.5. The fourth-order valence-corrected chi connectivity index (χ4v) is 5.07. The van der Waals surface area contributed by atoms with Gasteiger partial charge in [-0.25, -0.2) is 18.7 Å². The summed E-state index contributed by atoms with van der Waals surface area (Å²) < 4.78 is 56.7. The van der Waals surface area contributed by atoms with Crippen LogP contribution in [0.15, 0.2) is 22.2 Å². The van der Waals surface area contributed by atoms with E-state index in [0.29, 0.717) is 0 Å². The van der Waals surface area contributed by atoms with Crippen LogP contribution in [0.25, 0.3) is 22.3 Å². The van der Waals surface area contributed by atoms with Gasteiger partial charge < -0.3 is 45.5 Å². The summed E-state index contributed by atoms with van der Waals surface area (Å²) in [6, 6.07) is 0. The number of aliphatic hydroxyl groups is 2. The van der Waals surface area contributed by atoms with Crippen molar-refractivity contribution in [2.24, 2.45) is 0 Å². The molecule has 0 bridgehead atoms. The Morgan fingerprint density at radius 2 is 1.41 bits per heavy atom. The predicted molar refractivity (Wildman–Crippen MR) is 150 cm³/mol. The van der Waals surface area contributed by atoms with E-state index in [1.807, 2.05) is 0 Å². The molecule has 2 saturated heterocycles. The number of imidazole rings is 2. The van der Waals surface area contributed by atoms with Crippen LogP contribution in [0.1, 0.15) is 12.5 Å². The largest absolute Gasteiger partial charge is 0.394 e. The zero-order chi connectivity index (χ0) is 33.3. The Hall–Kier alpha value is -3.77. The summed E-state index contributed by atoms with van der Waals surface area (Å²) in [4.78, 5) is 57.8. The molecule has 0 spiro atoms. The highest BCUT2D eigenvalue weighted by atomic mass is 31.2. The molecule has 0 radical (unpaired) electrons. The van der Waals surface area contributed by atoms with E-state index in [2.05, 4.69) is 39.5 Å². The lowest BCUT2D eigenvalue weighted by Gasteiger charge is -2.19. The molecule has 3 unspecified atom stereocenters. The lowest BCUT2D eigenvalue weighted by molar-refractivity contribution is -0.327. The molecular weight excluding hydrogens is 649 g/mol. The molecule has 252 valence electrons. The molecule has 2 fully saturated rings.